The van der Waals surface area contributed by atoms with Gasteiger partial charge in [-0.25, -0.2) is 0 Å². The van der Waals surface area contributed by atoms with Crippen LogP contribution in [0.4, 0.5) is 0 Å². The van der Waals surface area contributed by atoms with Crippen LogP contribution in [0.5, 0.6) is 5.75 Å². The largest absolute Gasteiger partial charge is 0.488 e. The smallest absolute Gasteiger partial charge is 0.255 e. The molecule has 0 fully saturated rings. The number of carbonyl (C=O) groups is 1. The molecule has 2 aromatic carbocycles. The van der Waals surface area contributed by atoms with E-state index in [0.717, 1.165) is 17.9 Å². The SMILES string of the molecule is CCn1cnnc1C(C)NC(=O)c1ccccc1OCc1ccccc1. The highest BCUT2D eigenvalue weighted by Crippen LogP contribution is 2.20. The van der Waals surface area contributed by atoms with Crippen molar-refractivity contribution >= 4 is 5.91 Å². The number of para-hydroxylation sites is 1. The van der Waals surface area contributed by atoms with E-state index in [4.69, 9.17) is 4.74 Å². The fourth-order valence-corrected chi connectivity index (χ4v) is 2.70. The maximum Gasteiger partial charge on any atom is 0.255 e. The van der Waals surface area contributed by atoms with Crippen LogP contribution in [-0.4, -0.2) is 20.7 Å². The molecule has 0 aliphatic carbocycles. The second-order valence-corrected chi connectivity index (χ2v) is 5.94. The van der Waals surface area contributed by atoms with E-state index in [1.807, 2.05) is 60.9 Å². The zero-order valence-corrected chi connectivity index (χ0v) is 14.9. The number of ether oxygens (including phenoxy) is 1. The lowest BCUT2D eigenvalue weighted by molar-refractivity contribution is 0.0933. The Bertz CT molecular complexity index is 861. The number of nitrogens with one attached hydrogen (secondary N) is 1. The Morgan fingerprint density at radius 2 is 1.88 bits per heavy atom. The Morgan fingerprint density at radius 3 is 2.65 bits per heavy atom. The summed E-state index contributed by atoms with van der Waals surface area (Å²) < 4.78 is 7.77. The lowest BCUT2D eigenvalue weighted by Crippen LogP contribution is -2.29. The standard InChI is InChI=1S/C20H22N4O2/c1-3-24-14-21-23-19(24)15(2)22-20(25)17-11-7-8-12-18(17)26-13-16-9-5-4-6-10-16/h4-12,14-15H,3,13H2,1-2H3,(H,22,25). The van der Waals surface area contributed by atoms with Crippen LogP contribution in [0.1, 0.15) is 41.6 Å². The highest BCUT2D eigenvalue weighted by Gasteiger charge is 2.18. The van der Waals surface area contributed by atoms with Crippen molar-refractivity contribution in [2.24, 2.45) is 0 Å². The van der Waals surface area contributed by atoms with E-state index in [9.17, 15) is 4.79 Å². The van der Waals surface area contributed by atoms with Gasteiger partial charge in [0.15, 0.2) is 5.82 Å². The molecule has 6 heteroatoms. The Balaban J connectivity index is 1.71. The molecule has 1 unspecified atom stereocenters. The summed E-state index contributed by atoms with van der Waals surface area (Å²) >= 11 is 0. The van der Waals surface area contributed by atoms with Crippen molar-refractivity contribution in [3.8, 4) is 5.75 Å². The molecule has 1 atom stereocenters. The van der Waals surface area contributed by atoms with Gasteiger partial charge in [0.1, 0.15) is 18.7 Å². The van der Waals surface area contributed by atoms with Crippen LogP contribution in [0.2, 0.25) is 0 Å². The number of benzene rings is 2. The van der Waals surface area contributed by atoms with Crippen LogP contribution in [0.3, 0.4) is 0 Å². The summed E-state index contributed by atoms with van der Waals surface area (Å²) in [4.78, 5) is 12.7. The highest BCUT2D eigenvalue weighted by atomic mass is 16.5. The van der Waals surface area contributed by atoms with Gasteiger partial charge in [-0.2, -0.15) is 0 Å². The lowest BCUT2D eigenvalue weighted by atomic mass is 10.1. The molecule has 0 saturated carbocycles. The maximum atomic E-state index is 12.7. The van der Waals surface area contributed by atoms with Gasteiger partial charge in [-0.1, -0.05) is 42.5 Å². The molecule has 0 spiro atoms. The van der Waals surface area contributed by atoms with Crippen molar-refractivity contribution < 1.29 is 9.53 Å². The summed E-state index contributed by atoms with van der Waals surface area (Å²) in [7, 11) is 0. The van der Waals surface area contributed by atoms with Crippen LogP contribution in [0.15, 0.2) is 60.9 Å². The molecule has 0 saturated heterocycles. The van der Waals surface area contributed by atoms with Crippen molar-refractivity contribution in [3.63, 3.8) is 0 Å². The van der Waals surface area contributed by atoms with Gasteiger partial charge in [0, 0.05) is 6.54 Å². The van der Waals surface area contributed by atoms with Gasteiger partial charge in [-0.15, -0.1) is 10.2 Å². The van der Waals surface area contributed by atoms with Gasteiger partial charge in [0.2, 0.25) is 0 Å². The zero-order valence-electron chi connectivity index (χ0n) is 14.9. The zero-order chi connectivity index (χ0) is 18.4. The van der Waals surface area contributed by atoms with E-state index in [0.29, 0.717) is 17.9 Å². The molecule has 3 rings (SSSR count). The van der Waals surface area contributed by atoms with Gasteiger partial charge in [-0.3, -0.25) is 4.79 Å². The van der Waals surface area contributed by atoms with Gasteiger partial charge in [-0.05, 0) is 31.5 Å². The van der Waals surface area contributed by atoms with E-state index in [1.54, 1.807) is 18.5 Å². The van der Waals surface area contributed by atoms with Crippen LogP contribution in [0, 0.1) is 0 Å². The third-order valence-corrected chi connectivity index (χ3v) is 4.09. The summed E-state index contributed by atoms with van der Waals surface area (Å²) in [5.74, 6) is 1.08. The first-order valence-corrected chi connectivity index (χ1v) is 8.63. The minimum Gasteiger partial charge on any atom is -0.488 e. The van der Waals surface area contributed by atoms with Crippen LogP contribution < -0.4 is 10.1 Å². The summed E-state index contributed by atoms with van der Waals surface area (Å²) in [6, 6.07) is 16.8. The van der Waals surface area contributed by atoms with E-state index < -0.39 is 0 Å². The van der Waals surface area contributed by atoms with Gasteiger partial charge < -0.3 is 14.6 Å². The number of nitrogens with zero attached hydrogens (tertiary/aromatic N) is 3. The molecule has 134 valence electrons. The molecule has 3 aromatic rings. The number of rotatable bonds is 7. The molecule has 1 N–H and O–H groups in total. The monoisotopic (exact) mass is 350 g/mol. The van der Waals surface area contributed by atoms with Gasteiger partial charge >= 0.3 is 0 Å². The van der Waals surface area contributed by atoms with Crippen LogP contribution >= 0.6 is 0 Å². The molecular formula is C20H22N4O2. The number of hydrogen-bond acceptors (Lipinski definition) is 4. The summed E-state index contributed by atoms with van der Waals surface area (Å²) in [6.45, 7) is 5.06. The third-order valence-electron chi connectivity index (χ3n) is 4.09. The Labute approximate surface area is 152 Å². The molecule has 26 heavy (non-hydrogen) atoms. The van der Waals surface area contributed by atoms with Crippen molar-refractivity contribution in [3.05, 3.63) is 77.9 Å². The fourth-order valence-electron chi connectivity index (χ4n) is 2.70. The average Bonchev–Trinajstić information content (AvgIpc) is 3.16. The molecular weight excluding hydrogens is 328 g/mol. The second-order valence-electron chi connectivity index (χ2n) is 5.94. The number of aryl methyl sites for hydroxylation is 1. The van der Waals surface area contributed by atoms with Crippen LogP contribution in [0.25, 0.3) is 0 Å². The molecule has 1 amide bonds. The Kier molecular flexibility index (Phi) is 5.63. The lowest BCUT2D eigenvalue weighted by Gasteiger charge is -2.16. The molecule has 0 aliphatic rings. The van der Waals surface area contributed by atoms with E-state index in [1.165, 1.54) is 0 Å². The summed E-state index contributed by atoms with van der Waals surface area (Å²) in [5.41, 5.74) is 1.55. The number of amides is 1. The Hall–Kier alpha value is -3.15. The van der Waals surface area contributed by atoms with E-state index >= 15 is 0 Å². The summed E-state index contributed by atoms with van der Waals surface area (Å²) in [6.07, 6.45) is 1.66. The molecule has 1 heterocycles. The topological polar surface area (TPSA) is 69.0 Å². The van der Waals surface area contributed by atoms with E-state index in [2.05, 4.69) is 15.5 Å². The van der Waals surface area contributed by atoms with E-state index in [-0.39, 0.29) is 11.9 Å². The first-order valence-electron chi connectivity index (χ1n) is 8.63. The molecule has 1 aromatic heterocycles. The molecule has 0 aliphatic heterocycles. The minimum atomic E-state index is -0.257. The molecule has 6 nitrogen and oxygen atoms in total. The van der Waals surface area contributed by atoms with Gasteiger partial charge in [0.25, 0.3) is 5.91 Å². The minimum absolute atomic E-state index is 0.202. The second kappa shape index (κ2) is 8.29. The predicted octanol–water partition coefficient (Wildman–Crippen LogP) is 3.37. The first-order chi connectivity index (χ1) is 12.7. The predicted molar refractivity (Wildman–Crippen MR) is 98.8 cm³/mol. The highest BCUT2D eigenvalue weighted by molar-refractivity contribution is 5.97. The summed E-state index contributed by atoms with van der Waals surface area (Å²) in [5, 5.41) is 11.0. The van der Waals surface area contributed by atoms with Crippen molar-refractivity contribution in [2.45, 2.75) is 33.0 Å². The average molecular weight is 350 g/mol. The molecule has 0 radical (unpaired) electrons. The number of hydrogen-bond donors (Lipinski definition) is 1. The number of carbonyl (C=O) groups excluding carboxylic acids is 1. The third kappa shape index (κ3) is 4.08. The first kappa shape index (κ1) is 17.7. The quantitative estimate of drug-likeness (QED) is 0.709. The Morgan fingerprint density at radius 1 is 1.15 bits per heavy atom. The fraction of sp³-hybridized carbons (Fsp3) is 0.250. The number of aromatic nitrogens is 3. The molecule has 0 bridgehead atoms. The van der Waals surface area contributed by atoms with Crippen molar-refractivity contribution in [2.75, 3.05) is 0 Å². The normalized spacial score (nSPS) is 11.8. The van der Waals surface area contributed by atoms with Gasteiger partial charge in [0.05, 0.1) is 11.6 Å². The van der Waals surface area contributed by atoms with Crippen molar-refractivity contribution in [1.29, 1.82) is 0 Å². The van der Waals surface area contributed by atoms with Crippen LogP contribution in [-0.2, 0) is 13.2 Å². The maximum absolute atomic E-state index is 12.7. The van der Waals surface area contributed by atoms with Crippen molar-refractivity contribution in [1.82, 2.24) is 20.1 Å².